The Morgan fingerprint density at radius 1 is 1.15 bits per heavy atom. The lowest BCUT2D eigenvalue weighted by molar-refractivity contribution is 1.08. The van der Waals surface area contributed by atoms with Crippen LogP contribution in [0.15, 0.2) is 52.5 Å². The summed E-state index contributed by atoms with van der Waals surface area (Å²) in [5, 5.41) is 1.65. The molecule has 3 aromatic rings. The molecule has 2 aromatic carbocycles. The largest absolute Gasteiger partial charge is 0.333 e. The van der Waals surface area contributed by atoms with Crippen molar-refractivity contribution in [2.45, 2.75) is 15.8 Å². The predicted octanol–water partition coefficient (Wildman–Crippen LogP) is 5.23. The number of imidazole rings is 1. The van der Waals surface area contributed by atoms with Gasteiger partial charge in [-0.15, -0.1) is 11.8 Å². The Bertz CT molecular complexity index is 722. The SMILES string of the molecule is CSc1ccc(CSc2nc3ccc(Cl)cc3[nH]2)cc1. The second kappa shape index (κ2) is 6.12. The van der Waals surface area contributed by atoms with Gasteiger partial charge in [-0.05, 0) is 42.2 Å². The molecule has 0 aliphatic heterocycles. The quantitative estimate of drug-likeness (QED) is 0.667. The van der Waals surface area contributed by atoms with E-state index in [4.69, 9.17) is 11.6 Å². The molecule has 1 heterocycles. The molecular formula is C15H13ClN2S2. The molecule has 102 valence electrons. The number of nitrogens with zero attached hydrogens (tertiary/aromatic N) is 1. The van der Waals surface area contributed by atoms with Crippen LogP contribution in [0.1, 0.15) is 5.56 Å². The third kappa shape index (κ3) is 3.14. The first kappa shape index (κ1) is 13.9. The maximum Gasteiger partial charge on any atom is 0.166 e. The number of aromatic amines is 1. The number of benzene rings is 2. The van der Waals surface area contributed by atoms with E-state index in [1.54, 1.807) is 23.5 Å². The Morgan fingerprint density at radius 2 is 1.95 bits per heavy atom. The third-order valence-corrected chi connectivity index (χ3v) is 4.88. The molecule has 0 atom stereocenters. The first-order valence-corrected chi connectivity index (χ1v) is 8.74. The molecule has 0 spiro atoms. The fraction of sp³-hybridized carbons (Fsp3) is 0.133. The maximum absolute atomic E-state index is 5.97. The molecule has 0 saturated carbocycles. The molecule has 0 saturated heterocycles. The van der Waals surface area contributed by atoms with Gasteiger partial charge in [0.25, 0.3) is 0 Å². The highest BCUT2D eigenvalue weighted by atomic mass is 35.5. The van der Waals surface area contributed by atoms with Crippen molar-refractivity contribution in [2.75, 3.05) is 6.26 Å². The van der Waals surface area contributed by atoms with E-state index in [1.807, 2.05) is 18.2 Å². The topological polar surface area (TPSA) is 28.7 Å². The average molecular weight is 321 g/mol. The summed E-state index contributed by atoms with van der Waals surface area (Å²) in [5.41, 5.74) is 3.23. The number of thioether (sulfide) groups is 2. The van der Waals surface area contributed by atoms with Gasteiger partial charge < -0.3 is 4.98 Å². The summed E-state index contributed by atoms with van der Waals surface area (Å²) in [6.07, 6.45) is 2.09. The van der Waals surface area contributed by atoms with Crippen LogP contribution in [0.3, 0.4) is 0 Å². The van der Waals surface area contributed by atoms with Crippen molar-refractivity contribution in [3.8, 4) is 0 Å². The van der Waals surface area contributed by atoms with Gasteiger partial charge in [0, 0.05) is 15.7 Å². The minimum atomic E-state index is 0.727. The zero-order valence-electron chi connectivity index (χ0n) is 10.9. The molecule has 0 amide bonds. The lowest BCUT2D eigenvalue weighted by atomic mass is 10.2. The molecule has 0 radical (unpaired) electrons. The summed E-state index contributed by atoms with van der Waals surface area (Å²) in [4.78, 5) is 9.13. The highest BCUT2D eigenvalue weighted by Gasteiger charge is 2.04. The number of fused-ring (bicyclic) bond motifs is 1. The van der Waals surface area contributed by atoms with E-state index in [9.17, 15) is 0 Å². The van der Waals surface area contributed by atoms with E-state index in [2.05, 4.69) is 40.5 Å². The van der Waals surface area contributed by atoms with Gasteiger partial charge in [0.05, 0.1) is 11.0 Å². The molecule has 5 heteroatoms. The Kier molecular flexibility index (Phi) is 4.24. The highest BCUT2D eigenvalue weighted by molar-refractivity contribution is 7.98. The number of hydrogen-bond acceptors (Lipinski definition) is 3. The minimum absolute atomic E-state index is 0.727. The highest BCUT2D eigenvalue weighted by Crippen LogP contribution is 2.25. The molecule has 3 rings (SSSR count). The smallest absolute Gasteiger partial charge is 0.166 e. The van der Waals surface area contributed by atoms with Crippen LogP contribution in [-0.2, 0) is 5.75 Å². The van der Waals surface area contributed by atoms with Gasteiger partial charge in [-0.2, -0.15) is 0 Å². The van der Waals surface area contributed by atoms with E-state index >= 15 is 0 Å². The summed E-state index contributed by atoms with van der Waals surface area (Å²) in [6.45, 7) is 0. The van der Waals surface area contributed by atoms with Gasteiger partial charge >= 0.3 is 0 Å². The Balaban J connectivity index is 1.72. The zero-order chi connectivity index (χ0) is 13.9. The maximum atomic E-state index is 5.97. The molecule has 1 aromatic heterocycles. The first-order valence-electron chi connectivity index (χ1n) is 6.15. The van der Waals surface area contributed by atoms with Crippen LogP contribution in [0, 0.1) is 0 Å². The van der Waals surface area contributed by atoms with E-state index in [0.717, 1.165) is 27.0 Å². The monoisotopic (exact) mass is 320 g/mol. The molecule has 0 unspecified atom stereocenters. The molecule has 2 nitrogen and oxygen atoms in total. The van der Waals surface area contributed by atoms with Crippen molar-refractivity contribution < 1.29 is 0 Å². The fourth-order valence-corrected chi connectivity index (χ4v) is 3.32. The van der Waals surface area contributed by atoms with Gasteiger partial charge in [-0.1, -0.05) is 35.5 Å². The Morgan fingerprint density at radius 3 is 2.70 bits per heavy atom. The van der Waals surface area contributed by atoms with E-state index in [1.165, 1.54) is 10.5 Å². The van der Waals surface area contributed by atoms with Gasteiger partial charge in [0.15, 0.2) is 5.16 Å². The fourth-order valence-electron chi connectivity index (χ4n) is 1.90. The Hall–Kier alpha value is -1.10. The van der Waals surface area contributed by atoms with E-state index in [0.29, 0.717) is 0 Å². The van der Waals surface area contributed by atoms with Crippen LogP contribution in [0.25, 0.3) is 11.0 Å². The number of nitrogens with one attached hydrogen (secondary N) is 1. The summed E-state index contributed by atoms with van der Waals surface area (Å²) < 4.78 is 0. The number of halogens is 1. The van der Waals surface area contributed by atoms with Crippen molar-refractivity contribution in [1.29, 1.82) is 0 Å². The third-order valence-electron chi connectivity index (χ3n) is 2.96. The van der Waals surface area contributed by atoms with Crippen molar-refractivity contribution in [3.63, 3.8) is 0 Å². The molecule has 1 N–H and O–H groups in total. The van der Waals surface area contributed by atoms with Crippen LogP contribution in [0.4, 0.5) is 0 Å². The van der Waals surface area contributed by atoms with Crippen LogP contribution in [-0.4, -0.2) is 16.2 Å². The van der Waals surface area contributed by atoms with Crippen LogP contribution in [0.5, 0.6) is 0 Å². The van der Waals surface area contributed by atoms with Crippen LogP contribution in [0.2, 0.25) is 5.02 Å². The van der Waals surface area contributed by atoms with Crippen molar-refractivity contribution in [1.82, 2.24) is 9.97 Å². The summed E-state index contributed by atoms with van der Waals surface area (Å²) >= 11 is 9.43. The predicted molar refractivity (Wildman–Crippen MR) is 88.9 cm³/mol. The lowest BCUT2D eigenvalue weighted by Gasteiger charge is -2.00. The summed E-state index contributed by atoms with van der Waals surface area (Å²) in [6, 6.07) is 14.3. The first-order chi connectivity index (χ1) is 9.74. The second-order valence-corrected chi connectivity index (χ2v) is 6.62. The van der Waals surface area contributed by atoms with Gasteiger partial charge in [-0.3, -0.25) is 0 Å². The van der Waals surface area contributed by atoms with Crippen molar-refractivity contribution in [2.24, 2.45) is 0 Å². The lowest BCUT2D eigenvalue weighted by Crippen LogP contribution is -1.81. The van der Waals surface area contributed by atoms with Crippen molar-refractivity contribution >= 4 is 46.2 Å². The van der Waals surface area contributed by atoms with E-state index < -0.39 is 0 Å². The van der Waals surface area contributed by atoms with Crippen LogP contribution < -0.4 is 0 Å². The Labute approximate surface area is 131 Å². The van der Waals surface area contributed by atoms with E-state index in [-0.39, 0.29) is 0 Å². The molecular weight excluding hydrogens is 308 g/mol. The second-order valence-electron chi connectivity index (χ2n) is 4.34. The zero-order valence-corrected chi connectivity index (χ0v) is 13.3. The minimum Gasteiger partial charge on any atom is -0.333 e. The summed E-state index contributed by atoms with van der Waals surface area (Å²) in [7, 11) is 0. The van der Waals surface area contributed by atoms with Gasteiger partial charge in [0.1, 0.15) is 0 Å². The summed E-state index contributed by atoms with van der Waals surface area (Å²) in [5.74, 6) is 0.905. The van der Waals surface area contributed by atoms with Gasteiger partial charge in [-0.25, -0.2) is 4.98 Å². The molecule has 0 aliphatic carbocycles. The van der Waals surface area contributed by atoms with Gasteiger partial charge in [0.2, 0.25) is 0 Å². The van der Waals surface area contributed by atoms with Crippen LogP contribution >= 0.6 is 35.1 Å². The number of H-pyrrole nitrogens is 1. The number of hydrogen-bond donors (Lipinski definition) is 1. The molecule has 20 heavy (non-hydrogen) atoms. The molecule has 0 bridgehead atoms. The number of aromatic nitrogens is 2. The number of rotatable bonds is 4. The van der Waals surface area contributed by atoms with Crippen molar-refractivity contribution in [3.05, 3.63) is 53.1 Å². The standard InChI is InChI=1S/C15H13ClN2S2/c1-19-12-5-2-10(3-6-12)9-20-15-17-13-7-4-11(16)8-14(13)18-15/h2-8H,9H2,1H3,(H,17,18). The molecule has 0 aliphatic rings. The average Bonchev–Trinajstić information content (AvgIpc) is 2.87. The molecule has 0 fully saturated rings. The normalized spacial score (nSPS) is 11.1.